The second kappa shape index (κ2) is 6.75. The van der Waals surface area contributed by atoms with Gasteiger partial charge in [-0.15, -0.1) is 11.3 Å². The predicted molar refractivity (Wildman–Crippen MR) is 94.4 cm³/mol. The molecule has 1 aromatic heterocycles. The van der Waals surface area contributed by atoms with Gasteiger partial charge in [0.25, 0.3) is 5.91 Å². The lowest BCUT2D eigenvalue weighted by molar-refractivity contribution is 0.0718. The largest absolute Gasteiger partial charge is 0.508 e. The topological polar surface area (TPSA) is 40.5 Å². The molecule has 0 radical (unpaired) electrons. The molecule has 1 aromatic carbocycles. The van der Waals surface area contributed by atoms with Crippen LogP contribution < -0.4 is 0 Å². The third kappa shape index (κ3) is 3.42. The maximum Gasteiger partial charge on any atom is 0.263 e. The molecular formula is C19H23NO2S. The number of thiophene rings is 1. The van der Waals surface area contributed by atoms with E-state index in [1.807, 2.05) is 17.0 Å². The van der Waals surface area contributed by atoms with Gasteiger partial charge in [-0.2, -0.15) is 0 Å². The van der Waals surface area contributed by atoms with Gasteiger partial charge < -0.3 is 10.0 Å². The number of likely N-dealkylation sites (tertiary alicyclic amines) is 1. The number of phenols is 1. The number of carbonyl (C=O) groups excluding carboxylic acids is 1. The molecule has 1 aliphatic heterocycles. The van der Waals surface area contributed by atoms with E-state index >= 15 is 0 Å². The van der Waals surface area contributed by atoms with Gasteiger partial charge in [0.05, 0.1) is 4.88 Å². The number of carbonyl (C=O) groups is 1. The van der Waals surface area contributed by atoms with Crippen molar-refractivity contribution in [3.63, 3.8) is 0 Å². The van der Waals surface area contributed by atoms with Crippen molar-refractivity contribution in [2.24, 2.45) is 0 Å². The molecule has 0 atom stereocenters. The van der Waals surface area contributed by atoms with Crippen LogP contribution in [0.3, 0.4) is 0 Å². The minimum atomic E-state index is 0.182. The van der Waals surface area contributed by atoms with E-state index in [1.54, 1.807) is 23.5 Å². The third-order valence-corrected chi connectivity index (χ3v) is 5.84. The number of piperidine rings is 1. The molecule has 3 nitrogen and oxygen atoms in total. The highest BCUT2D eigenvalue weighted by molar-refractivity contribution is 7.14. The third-order valence-electron chi connectivity index (χ3n) is 4.76. The van der Waals surface area contributed by atoms with Crippen molar-refractivity contribution in [1.29, 1.82) is 0 Å². The van der Waals surface area contributed by atoms with Crippen LogP contribution in [-0.4, -0.2) is 29.0 Å². The molecule has 1 fully saturated rings. The quantitative estimate of drug-likeness (QED) is 0.910. The SMILES string of the molecule is CCc1cc(C(=O)N2CCC(c3ccc(O)cc3)CC2)sc1C. The van der Waals surface area contributed by atoms with E-state index < -0.39 is 0 Å². The van der Waals surface area contributed by atoms with Gasteiger partial charge in [-0.05, 0) is 61.4 Å². The molecule has 122 valence electrons. The summed E-state index contributed by atoms with van der Waals surface area (Å²) in [6, 6.07) is 9.54. The van der Waals surface area contributed by atoms with E-state index in [4.69, 9.17) is 0 Å². The standard InChI is InChI=1S/C19H23NO2S/c1-3-14-12-18(23-13(14)2)19(22)20-10-8-16(9-11-20)15-4-6-17(21)7-5-15/h4-7,12,16,21H,3,8-11H2,1-2H3. The van der Waals surface area contributed by atoms with Gasteiger partial charge in [0.1, 0.15) is 5.75 Å². The van der Waals surface area contributed by atoms with Crippen LogP contribution >= 0.6 is 11.3 Å². The van der Waals surface area contributed by atoms with E-state index in [-0.39, 0.29) is 5.91 Å². The first-order valence-electron chi connectivity index (χ1n) is 8.26. The number of rotatable bonds is 3. The molecule has 0 unspecified atom stereocenters. The number of aryl methyl sites for hydroxylation is 2. The molecule has 1 amide bonds. The Balaban J connectivity index is 1.64. The summed E-state index contributed by atoms with van der Waals surface area (Å²) in [6.45, 7) is 5.84. The van der Waals surface area contributed by atoms with Crippen LogP contribution in [0.5, 0.6) is 5.75 Å². The van der Waals surface area contributed by atoms with E-state index in [9.17, 15) is 9.90 Å². The highest BCUT2D eigenvalue weighted by atomic mass is 32.1. The van der Waals surface area contributed by atoms with Crippen molar-refractivity contribution in [2.45, 2.75) is 39.0 Å². The first kappa shape index (κ1) is 16.1. The van der Waals surface area contributed by atoms with E-state index in [0.29, 0.717) is 11.7 Å². The lowest BCUT2D eigenvalue weighted by atomic mass is 9.89. The van der Waals surface area contributed by atoms with Crippen LogP contribution in [0.1, 0.15) is 51.4 Å². The molecule has 1 N–H and O–H groups in total. The molecular weight excluding hydrogens is 306 g/mol. The van der Waals surface area contributed by atoms with Crippen molar-refractivity contribution in [3.8, 4) is 5.75 Å². The van der Waals surface area contributed by atoms with Gasteiger partial charge in [-0.3, -0.25) is 4.79 Å². The Morgan fingerprint density at radius 2 is 1.91 bits per heavy atom. The highest BCUT2D eigenvalue weighted by Gasteiger charge is 2.25. The van der Waals surface area contributed by atoms with Crippen LogP contribution in [0.25, 0.3) is 0 Å². The minimum Gasteiger partial charge on any atom is -0.508 e. The van der Waals surface area contributed by atoms with Crippen LogP contribution in [0.15, 0.2) is 30.3 Å². The van der Waals surface area contributed by atoms with Crippen molar-refractivity contribution in [3.05, 3.63) is 51.2 Å². The summed E-state index contributed by atoms with van der Waals surface area (Å²) in [7, 11) is 0. The van der Waals surface area contributed by atoms with E-state index in [2.05, 4.69) is 19.9 Å². The minimum absolute atomic E-state index is 0.182. The van der Waals surface area contributed by atoms with Gasteiger partial charge in [-0.25, -0.2) is 0 Å². The molecule has 0 spiro atoms. The van der Waals surface area contributed by atoms with Gasteiger partial charge >= 0.3 is 0 Å². The summed E-state index contributed by atoms with van der Waals surface area (Å²) in [6.07, 6.45) is 2.96. The molecule has 1 aliphatic rings. The van der Waals surface area contributed by atoms with Gasteiger partial charge in [0.2, 0.25) is 0 Å². The first-order valence-corrected chi connectivity index (χ1v) is 9.07. The summed E-state index contributed by atoms with van der Waals surface area (Å²) in [5, 5.41) is 9.39. The number of phenolic OH excluding ortho intramolecular Hbond substituents is 1. The van der Waals surface area contributed by atoms with Crippen LogP contribution in [0.4, 0.5) is 0 Å². The fourth-order valence-electron chi connectivity index (χ4n) is 3.29. The molecule has 0 aliphatic carbocycles. The lowest BCUT2D eigenvalue weighted by Crippen LogP contribution is -2.37. The Labute approximate surface area is 141 Å². The van der Waals surface area contributed by atoms with Crippen molar-refractivity contribution < 1.29 is 9.90 Å². The second-order valence-corrected chi connectivity index (χ2v) is 7.46. The Kier molecular flexibility index (Phi) is 4.71. The summed E-state index contributed by atoms with van der Waals surface area (Å²) in [5.41, 5.74) is 2.55. The highest BCUT2D eigenvalue weighted by Crippen LogP contribution is 2.31. The van der Waals surface area contributed by atoms with Crippen molar-refractivity contribution in [1.82, 2.24) is 4.90 Å². The molecule has 0 saturated carbocycles. The van der Waals surface area contributed by atoms with Crippen molar-refractivity contribution in [2.75, 3.05) is 13.1 Å². The molecule has 2 aromatic rings. The second-order valence-electron chi connectivity index (χ2n) is 6.20. The van der Waals surface area contributed by atoms with Crippen LogP contribution in [0, 0.1) is 6.92 Å². The normalized spacial score (nSPS) is 15.8. The lowest BCUT2D eigenvalue weighted by Gasteiger charge is -2.32. The molecule has 0 bridgehead atoms. The zero-order valence-corrected chi connectivity index (χ0v) is 14.5. The first-order chi connectivity index (χ1) is 11.1. The van der Waals surface area contributed by atoms with Crippen molar-refractivity contribution >= 4 is 17.2 Å². The molecule has 4 heteroatoms. The molecule has 1 saturated heterocycles. The Morgan fingerprint density at radius 1 is 1.26 bits per heavy atom. The zero-order chi connectivity index (χ0) is 16.4. The number of hydrogen-bond acceptors (Lipinski definition) is 3. The van der Waals surface area contributed by atoms with Crippen LogP contribution in [-0.2, 0) is 6.42 Å². The fourth-order valence-corrected chi connectivity index (χ4v) is 4.38. The average Bonchev–Trinajstić information content (AvgIpc) is 2.96. The molecule has 23 heavy (non-hydrogen) atoms. The summed E-state index contributed by atoms with van der Waals surface area (Å²) >= 11 is 1.62. The molecule has 3 rings (SSSR count). The zero-order valence-electron chi connectivity index (χ0n) is 13.7. The number of aromatic hydroxyl groups is 1. The number of nitrogens with zero attached hydrogens (tertiary/aromatic N) is 1. The maximum atomic E-state index is 12.7. The smallest absolute Gasteiger partial charge is 0.263 e. The number of amides is 1. The van der Waals surface area contributed by atoms with Crippen LogP contribution in [0.2, 0.25) is 0 Å². The fraction of sp³-hybridized carbons (Fsp3) is 0.421. The number of benzene rings is 1. The summed E-state index contributed by atoms with van der Waals surface area (Å²) < 4.78 is 0. The molecule has 2 heterocycles. The Hall–Kier alpha value is -1.81. The maximum absolute atomic E-state index is 12.7. The van der Waals surface area contributed by atoms with E-state index in [0.717, 1.165) is 37.2 Å². The summed E-state index contributed by atoms with van der Waals surface area (Å²) in [4.78, 5) is 16.8. The van der Waals surface area contributed by atoms with Gasteiger partial charge in [0.15, 0.2) is 0 Å². The van der Waals surface area contributed by atoms with Gasteiger partial charge in [0, 0.05) is 18.0 Å². The monoisotopic (exact) mass is 329 g/mol. The predicted octanol–water partition coefficient (Wildman–Crippen LogP) is 4.34. The Bertz CT molecular complexity index is 682. The average molecular weight is 329 g/mol. The van der Waals surface area contributed by atoms with E-state index in [1.165, 1.54) is 16.0 Å². The van der Waals surface area contributed by atoms with Gasteiger partial charge in [-0.1, -0.05) is 19.1 Å². The summed E-state index contributed by atoms with van der Waals surface area (Å²) in [5.74, 6) is 0.971. The Morgan fingerprint density at radius 3 is 2.48 bits per heavy atom. The number of hydrogen-bond donors (Lipinski definition) is 1.